The maximum Gasteiger partial charge on any atom is 0.187 e. The average molecular weight is 1450 g/mol. The van der Waals surface area contributed by atoms with Crippen LogP contribution in [0.1, 0.15) is 107 Å². The molecule has 6 saturated heterocycles. The zero-order valence-electron chi connectivity index (χ0n) is 57.6. The molecule has 0 spiro atoms. The molecule has 0 radical (unpaired) electrons. The van der Waals surface area contributed by atoms with Crippen molar-refractivity contribution in [2.45, 2.75) is 315 Å². The van der Waals surface area contributed by atoms with Crippen LogP contribution in [-0.4, -0.2) is 360 Å². The molecular formula is C66H112O34. The Labute approximate surface area is 579 Å². The lowest BCUT2D eigenvalue weighted by Gasteiger charge is -2.67. The summed E-state index contributed by atoms with van der Waals surface area (Å²) < 4.78 is 72.0. The molecule has 6 aliphatic heterocycles. The molecule has 580 valence electrons. The lowest BCUT2D eigenvalue weighted by molar-refractivity contribution is -0.380. The predicted molar refractivity (Wildman–Crippen MR) is 333 cm³/mol. The molecule has 0 amide bonds. The standard InChI is InChI=1S/C66H112O34/c1-24(9-13-37(63(4,5)88)98-61-55(100-59-53(87)47(81)41(75)31(21-70)94-59)49(83)43(77)33(96-61)23-90-57-51(85)45(79)39(73)29(19-68)92-57)25-15-16-64(6)34-12-10-26-27(66(34,8)35(71)17-65(25,64)7)11-14-36(62(26,2)3)97-60-54(99-58-52(86)46(80)40(74)30(20-69)93-58)48(82)42(76)32(95-60)22-89-56-50(84)44(78)38(72)28(18-67)91-56/h10,24-25,27-61,67-88H,9,11-23H2,1-8H3/t24-,25-,27-,28-,29-,30-,31-,32-,33-,34-,35-,36+,37-,38-,39-,40-,41-,42-,43-,44+,45+,46+,47+,48+,49+,50-,51-,52-,53-,54-,55-,56-,57-,58+,59+,60+,61+,64+,65-,66+/m0/s1. The van der Waals surface area contributed by atoms with Gasteiger partial charge in [-0.25, -0.2) is 0 Å². The first-order chi connectivity index (χ1) is 46.9. The minimum Gasteiger partial charge on any atom is -0.394 e. The third kappa shape index (κ3) is 14.8. The van der Waals surface area contributed by atoms with Gasteiger partial charge in [-0.05, 0) is 99.7 Å². The molecule has 10 aliphatic rings. The van der Waals surface area contributed by atoms with Gasteiger partial charge in [-0.15, -0.1) is 0 Å². The van der Waals surface area contributed by atoms with Crippen molar-refractivity contribution in [2.24, 2.45) is 45.3 Å². The summed E-state index contributed by atoms with van der Waals surface area (Å²) in [5.74, 6) is -0.322. The van der Waals surface area contributed by atoms with E-state index in [9.17, 15) is 112 Å². The highest BCUT2D eigenvalue weighted by atomic mass is 16.8. The Bertz CT molecular complexity index is 2670. The molecule has 0 aromatic heterocycles. The van der Waals surface area contributed by atoms with Crippen molar-refractivity contribution >= 4 is 0 Å². The predicted octanol–water partition coefficient (Wildman–Crippen LogP) is -7.58. The van der Waals surface area contributed by atoms with Crippen LogP contribution in [0, 0.1) is 45.3 Å². The lowest BCUT2D eigenvalue weighted by atomic mass is 9.38. The normalized spacial score (nSPS) is 52.1. The highest BCUT2D eigenvalue weighted by Gasteiger charge is 2.71. The van der Waals surface area contributed by atoms with Crippen molar-refractivity contribution in [1.29, 1.82) is 0 Å². The van der Waals surface area contributed by atoms with E-state index >= 15 is 0 Å². The monoisotopic (exact) mass is 1450 g/mol. The number of hydrogen-bond acceptors (Lipinski definition) is 34. The van der Waals surface area contributed by atoms with E-state index in [4.69, 9.17) is 56.8 Å². The van der Waals surface area contributed by atoms with Crippen molar-refractivity contribution in [3.8, 4) is 0 Å². The van der Waals surface area contributed by atoms with E-state index in [1.54, 1.807) is 0 Å². The fraction of sp³-hybridized carbons (Fsp3) is 0.970. The molecule has 0 unspecified atom stereocenters. The molecular weight excluding hydrogens is 1340 g/mol. The Morgan fingerprint density at radius 2 is 0.860 bits per heavy atom. The maximum absolute atomic E-state index is 13.0. The average Bonchev–Trinajstić information content (AvgIpc) is 1.33. The van der Waals surface area contributed by atoms with Crippen molar-refractivity contribution < 1.29 is 169 Å². The number of fused-ring (bicyclic) bond motifs is 5. The lowest BCUT2D eigenvalue weighted by Crippen LogP contribution is -2.66. The summed E-state index contributed by atoms with van der Waals surface area (Å²) in [5, 5.41) is 239. The van der Waals surface area contributed by atoms with E-state index in [2.05, 4.69) is 33.8 Å². The third-order valence-electron chi connectivity index (χ3n) is 25.0. The van der Waals surface area contributed by atoms with Crippen LogP contribution in [0.5, 0.6) is 0 Å². The van der Waals surface area contributed by atoms with Crippen molar-refractivity contribution in [2.75, 3.05) is 39.6 Å². The van der Waals surface area contributed by atoms with Gasteiger partial charge in [0.2, 0.25) is 0 Å². The van der Waals surface area contributed by atoms with Crippen LogP contribution in [0.25, 0.3) is 0 Å². The molecule has 0 bridgehead atoms. The van der Waals surface area contributed by atoms with Gasteiger partial charge in [0, 0.05) is 10.8 Å². The summed E-state index contributed by atoms with van der Waals surface area (Å²) in [7, 11) is 0. The van der Waals surface area contributed by atoms with Crippen LogP contribution in [0.4, 0.5) is 0 Å². The van der Waals surface area contributed by atoms with Gasteiger partial charge in [0.15, 0.2) is 37.7 Å². The summed E-state index contributed by atoms with van der Waals surface area (Å²) in [6.45, 7) is 11.3. The molecule has 6 heterocycles. The topological polar surface area (TPSA) is 556 Å². The molecule has 34 heteroatoms. The Morgan fingerprint density at radius 3 is 1.30 bits per heavy atom. The van der Waals surface area contributed by atoms with Gasteiger partial charge >= 0.3 is 0 Å². The zero-order valence-corrected chi connectivity index (χ0v) is 57.6. The summed E-state index contributed by atoms with van der Waals surface area (Å²) in [6, 6.07) is 0. The Balaban J connectivity index is 0.853. The van der Waals surface area contributed by atoms with Gasteiger partial charge in [0.05, 0.1) is 63.6 Å². The molecule has 9 fully saturated rings. The van der Waals surface area contributed by atoms with Gasteiger partial charge in [0.1, 0.15) is 146 Å². The van der Waals surface area contributed by atoms with Gasteiger partial charge in [-0.2, -0.15) is 0 Å². The summed E-state index contributed by atoms with van der Waals surface area (Å²) in [6.07, 6.45) is -48.7. The summed E-state index contributed by atoms with van der Waals surface area (Å²) in [4.78, 5) is 0. The van der Waals surface area contributed by atoms with Gasteiger partial charge in [0.25, 0.3) is 0 Å². The number of hydrogen-bond donors (Lipinski definition) is 22. The third-order valence-corrected chi connectivity index (χ3v) is 25.0. The van der Waals surface area contributed by atoms with Crippen LogP contribution < -0.4 is 0 Å². The van der Waals surface area contributed by atoms with Gasteiger partial charge < -0.3 is 169 Å². The smallest absolute Gasteiger partial charge is 0.187 e. The first-order valence-corrected chi connectivity index (χ1v) is 35.1. The number of aliphatic hydroxyl groups excluding tert-OH is 21. The van der Waals surface area contributed by atoms with Crippen LogP contribution in [-0.2, 0) is 56.8 Å². The molecule has 4 aliphatic carbocycles. The first kappa shape index (κ1) is 80.9. The largest absolute Gasteiger partial charge is 0.394 e. The Morgan fingerprint density at radius 1 is 0.460 bits per heavy atom. The number of ether oxygens (including phenoxy) is 12. The Kier molecular flexibility index (Phi) is 25.5. The van der Waals surface area contributed by atoms with Gasteiger partial charge in [-0.3, -0.25) is 0 Å². The molecule has 0 aromatic carbocycles. The summed E-state index contributed by atoms with van der Waals surface area (Å²) >= 11 is 0. The van der Waals surface area contributed by atoms with Crippen molar-refractivity contribution in [1.82, 2.24) is 0 Å². The number of allylic oxidation sites excluding steroid dienone is 1. The van der Waals surface area contributed by atoms with E-state index < -0.39 is 264 Å². The van der Waals surface area contributed by atoms with E-state index in [0.29, 0.717) is 32.1 Å². The molecule has 40 atom stereocenters. The molecule has 100 heavy (non-hydrogen) atoms. The Hall–Kier alpha value is -1.62. The molecule has 0 aromatic rings. The van der Waals surface area contributed by atoms with E-state index in [1.807, 2.05) is 13.8 Å². The summed E-state index contributed by atoms with van der Waals surface area (Å²) in [5.41, 5.74) is -3.02. The van der Waals surface area contributed by atoms with E-state index in [1.165, 1.54) is 13.8 Å². The van der Waals surface area contributed by atoms with Crippen LogP contribution in [0.2, 0.25) is 0 Å². The SMILES string of the molecule is C[C@@H](CC[C@H](O[C@H]1O[C@@H](CO[C@H]2O[C@@H](CO)[C@H](O)[C@@H](O)[C@@H]2O)[C@H](O)[C@@H](O)[C@@H]1O[C@H]1O[C@@H](CO)[C@H](O)[C@@H](O)[C@@H]1O)C(C)(C)O)[C@@H]1CC[C@]2(C)[C@@H]3CC=C4[C@H](CC[C@@H](O[C@H]5O[C@@H](CO[C@H]6O[C@@H](CO)[C@H](O)[C@@H](O)[C@@H]6O)[C@H](O)[C@@H](O)[C@@H]5O[C@H]5O[C@@H](CO)[C@H](O)[C@@H](O)[C@@H]5O)C4(C)C)[C@@]3(C)[C@@H](O)C[C@@]12C. The second kappa shape index (κ2) is 31.5. The highest BCUT2D eigenvalue weighted by molar-refractivity contribution is 5.32. The molecule has 22 N–H and O–H groups in total. The second-order valence-electron chi connectivity index (χ2n) is 31.5. The number of rotatable bonds is 23. The van der Waals surface area contributed by atoms with Crippen LogP contribution >= 0.6 is 0 Å². The molecule has 3 saturated carbocycles. The zero-order chi connectivity index (χ0) is 73.5. The second-order valence-corrected chi connectivity index (χ2v) is 31.5. The fourth-order valence-electron chi connectivity index (χ4n) is 18.5. The van der Waals surface area contributed by atoms with E-state index in [-0.39, 0.29) is 35.5 Å². The molecule has 34 nitrogen and oxygen atoms in total. The van der Waals surface area contributed by atoms with Crippen molar-refractivity contribution in [3.05, 3.63) is 11.6 Å². The minimum atomic E-state index is -1.99. The van der Waals surface area contributed by atoms with E-state index in [0.717, 1.165) is 18.4 Å². The van der Waals surface area contributed by atoms with Crippen LogP contribution in [0.3, 0.4) is 0 Å². The maximum atomic E-state index is 13.0. The quantitative estimate of drug-likeness (QED) is 0.0423. The van der Waals surface area contributed by atoms with Gasteiger partial charge in [-0.1, -0.05) is 53.2 Å². The molecule has 10 rings (SSSR count). The van der Waals surface area contributed by atoms with Crippen molar-refractivity contribution in [3.63, 3.8) is 0 Å². The van der Waals surface area contributed by atoms with Crippen LogP contribution in [0.15, 0.2) is 11.6 Å². The first-order valence-electron chi connectivity index (χ1n) is 35.1. The highest BCUT2D eigenvalue weighted by Crippen LogP contribution is 2.75. The number of aliphatic hydroxyl groups is 22. The fourth-order valence-corrected chi connectivity index (χ4v) is 18.5. The minimum absolute atomic E-state index is 0.00756.